The molecule has 0 radical (unpaired) electrons. The number of ether oxygens (including phenoxy) is 2. The predicted molar refractivity (Wildman–Crippen MR) is 69.0 cm³/mol. The molecule has 104 valence electrons. The van der Waals surface area contributed by atoms with Gasteiger partial charge in [0, 0.05) is 18.6 Å². The van der Waals surface area contributed by atoms with Crippen LogP contribution in [0.3, 0.4) is 0 Å². The van der Waals surface area contributed by atoms with E-state index in [0.29, 0.717) is 30.1 Å². The van der Waals surface area contributed by atoms with E-state index in [1.165, 1.54) is 13.4 Å². The van der Waals surface area contributed by atoms with Crippen molar-refractivity contribution in [1.29, 1.82) is 5.26 Å². The van der Waals surface area contributed by atoms with Gasteiger partial charge in [-0.15, -0.1) is 0 Å². The van der Waals surface area contributed by atoms with Crippen molar-refractivity contribution in [1.82, 2.24) is 10.1 Å². The molecule has 0 saturated heterocycles. The molecule has 0 amide bonds. The van der Waals surface area contributed by atoms with Crippen LogP contribution in [0.2, 0.25) is 0 Å². The molecule has 2 rings (SSSR count). The molecule has 0 aliphatic rings. The molecule has 0 bridgehead atoms. The molecule has 7 heteroatoms. The Kier molecular flexibility index (Phi) is 4.52. The summed E-state index contributed by atoms with van der Waals surface area (Å²) < 4.78 is 15.6. The van der Waals surface area contributed by atoms with E-state index in [9.17, 15) is 0 Å². The molecule has 20 heavy (non-hydrogen) atoms. The van der Waals surface area contributed by atoms with Crippen LogP contribution >= 0.6 is 0 Å². The zero-order chi connectivity index (χ0) is 14.4. The van der Waals surface area contributed by atoms with Gasteiger partial charge in [-0.2, -0.15) is 10.2 Å². The van der Waals surface area contributed by atoms with Crippen molar-refractivity contribution >= 4 is 0 Å². The van der Waals surface area contributed by atoms with Gasteiger partial charge in [0.2, 0.25) is 11.8 Å². The first kappa shape index (κ1) is 13.8. The lowest BCUT2D eigenvalue weighted by Gasteiger charge is -2.16. The number of rotatable bonds is 6. The summed E-state index contributed by atoms with van der Waals surface area (Å²) in [5.74, 6) is 0.555. The SMILES string of the molecule is COc1ccc(C#N)c(O[C@H](CCN)c2ccon2)n1. The molecule has 2 aromatic rings. The molecule has 2 aromatic heterocycles. The molecule has 2 heterocycles. The molecular weight excluding hydrogens is 260 g/mol. The average Bonchev–Trinajstić information content (AvgIpc) is 3.00. The fourth-order valence-corrected chi connectivity index (χ4v) is 1.65. The number of nitrogens with zero attached hydrogens (tertiary/aromatic N) is 3. The smallest absolute Gasteiger partial charge is 0.235 e. The maximum Gasteiger partial charge on any atom is 0.235 e. The van der Waals surface area contributed by atoms with E-state index >= 15 is 0 Å². The van der Waals surface area contributed by atoms with Crippen LogP contribution in [0, 0.1) is 11.3 Å². The van der Waals surface area contributed by atoms with E-state index in [-0.39, 0.29) is 5.88 Å². The Bertz CT molecular complexity index is 592. The highest BCUT2D eigenvalue weighted by Crippen LogP contribution is 2.26. The van der Waals surface area contributed by atoms with Crippen molar-refractivity contribution < 1.29 is 14.0 Å². The molecule has 0 unspecified atom stereocenters. The van der Waals surface area contributed by atoms with Crippen molar-refractivity contribution in [2.24, 2.45) is 5.73 Å². The van der Waals surface area contributed by atoms with E-state index in [0.717, 1.165) is 0 Å². The Morgan fingerprint density at radius 2 is 2.30 bits per heavy atom. The summed E-state index contributed by atoms with van der Waals surface area (Å²) in [4.78, 5) is 4.13. The van der Waals surface area contributed by atoms with Gasteiger partial charge in [0.05, 0.1) is 7.11 Å². The molecular formula is C13H14N4O3. The number of hydrogen-bond donors (Lipinski definition) is 1. The standard InChI is InChI=1S/C13H14N4O3/c1-18-12-3-2-9(8-15)13(16-12)20-11(4-6-14)10-5-7-19-17-10/h2-3,5,7,11H,4,6,14H2,1H3/t11-/m1/s1. The summed E-state index contributed by atoms with van der Waals surface area (Å²) in [5, 5.41) is 12.9. The van der Waals surface area contributed by atoms with Crippen LogP contribution < -0.4 is 15.2 Å². The third-order valence-corrected chi connectivity index (χ3v) is 2.63. The Hall–Kier alpha value is -2.59. The minimum absolute atomic E-state index is 0.188. The number of pyridine rings is 1. The van der Waals surface area contributed by atoms with E-state index in [1.807, 2.05) is 6.07 Å². The van der Waals surface area contributed by atoms with Crippen LogP contribution in [-0.2, 0) is 0 Å². The fourth-order valence-electron chi connectivity index (χ4n) is 1.65. The molecule has 0 aromatic carbocycles. The highest BCUT2D eigenvalue weighted by Gasteiger charge is 2.19. The van der Waals surface area contributed by atoms with Crippen LogP contribution in [0.5, 0.6) is 11.8 Å². The van der Waals surface area contributed by atoms with Gasteiger partial charge in [-0.25, -0.2) is 0 Å². The van der Waals surface area contributed by atoms with Gasteiger partial charge < -0.3 is 19.7 Å². The largest absolute Gasteiger partial charge is 0.481 e. The van der Waals surface area contributed by atoms with Crippen molar-refractivity contribution in [3.63, 3.8) is 0 Å². The molecule has 0 aliphatic heterocycles. The molecule has 2 N–H and O–H groups in total. The van der Waals surface area contributed by atoms with Gasteiger partial charge in [-0.1, -0.05) is 5.16 Å². The monoisotopic (exact) mass is 274 g/mol. The number of nitriles is 1. The lowest BCUT2D eigenvalue weighted by Crippen LogP contribution is -2.15. The van der Waals surface area contributed by atoms with Crippen LogP contribution in [-0.4, -0.2) is 23.8 Å². The zero-order valence-electron chi connectivity index (χ0n) is 10.9. The first-order valence-electron chi connectivity index (χ1n) is 6.00. The fraction of sp³-hybridized carbons (Fsp3) is 0.308. The first-order valence-corrected chi connectivity index (χ1v) is 6.00. The molecule has 7 nitrogen and oxygen atoms in total. The number of hydrogen-bond acceptors (Lipinski definition) is 7. The average molecular weight is 274 g/mol. The van der Waals surface area contributed by atoms with Gasteiger partial charge in [-0.05, 0) is 12.6 Å². The van der Waals surface area contributed by atoms with E-state index in [4.69, 9.17) is 25.0 Å². The number of aromatic nitrogens is 2. The van der Waals surface area contributed by atoms with Crippen molar-refractivity contribution in [3.8, 4) is 17.8 Å². The molecule has 0 saturated carbocycles. The van der Waals surface area contributed by atoms with E-state index in [1.54, 1.807) is 18.2 Å². The minimum Gasteiger partial charge on any atom is -0.481 e. The summed E-state index contributed by atoms with van der Waals surface area (Å²) in [5.41, 5.74) is 6.48. The Morgan fingerprint density at radius 3 is 2.90 bits per heavy atom. The van der Waals surface area contributed by atoms with Gasteiger partial charge in [-0.3, -0.25) is 0 Å². The summed E-state index contributed by atoms with van der Waals surface area (Å²) >= 11 is 0. The van der Waals surface area contributed by atoms with Crippen molar-refractivity contribution in [3.05, 3.63) is 35.7 Å². The Labute approximate surface area is 115 Å². The lowest BCUT2D eigenvalue weighted by atomic mass is 10.2. The highest BCUT2D eigenvalue weighted by atomic mass is 16.5. The molecule has 0 spiro atoms. The lowest BCUT2D eigenvalue weighted by molar-refractivity contribution is 0.176. The highest BCUT2D eigenvalue weighted by molar-refractivity contribution is 5.40. The van der Waals surface area contributed by atoms with Gasteiger partial charge in [0.1, 0.15) is 29.7 Å². The predicted octanol–water partition coefficient (Wildman–Crippen LogP) is 1.42. The molecule has 0 fully saturated rings. The van der Waals surface area contributed by atoms with Gasteiger partial charge >= 0.3 is 0 Å². The number of methoxy groups -OCH3 is 1. The van der Waals surface area contributed by atoms with Gasteiger partial charge in [0.15, 0.2) is 0 Å². The van der Waals surface area contributed by atoms with Crippen molar-refractivity contribution in [2.45, 2.75) is 12.5 Å². The van der Waals surface area contributed by atoms with Gasteiger partial charge in [0.25, 0.3) is 0 Å². The quantitative estimate of drug-likeness (QED) is 0.848. The van der Waals surface area contributed by atoms with Crippen LogP contribution in [0.15, 0.2) is 29.0 Å². The molecule has 0 aliphatic carbocycles. The maximum atomic E-state index is 9.09. The third kappa shape index (κ3) is 3.05. The second-order valence-electron chi connectivity index (χ2n) is 3.93. The third-order valence-electron chi connectivity index (χ3n) is 2.63. The normalized spacial score (nSPS) is 11.7. The summed E-state index contributed by atoms with van der Waals surface area (Å²) in [6, 6.07) is 6.89. The van der Waals surface area contributed by atoms with Crippen molar-refractivity contribution in [2.75, 3.05) is 13.7 Å². The minimum atomic E-state index is -0.426. The summed E-state index contributed by atoms with van der Waals surface area (Å²) in [6.07, 6.45) is 1.55. The maximum absolute atomic E-state index is 9.09. The van der Waals surface area contributed by atoms with E-state index in [2.05, 4.69) is 10.1 Å². The van der Waals surface area contributed by atoms with Crippen LogP contribution in [0.25, 0.3) is 0 Å². The van der Waals surface area contributed by atoms with Crippen LogP contribution in [0.1, 0.15) is 23.8 Å². The number of nitrogens with two attached hydrogens (primary N) is 1. The summed E-state index contributed by atoms with van der Waals surface area (Å²) in [7, 11) is 1.49. The topological polar surface area (TPSA) is 107 Å². The second-order valence-corrected chi connectivity index (χ2v) is 3.93. The van der Waals surface area contributed by atoms with E-state index < -0.39 is 6.10 Å². The Balaban J connectivity index is 2.28. The second kappa shape index (κ2) is 6.54. The molecule has 1 atom stereocenters. The first-order chi connectivity index (χ1) is 9.78. The van der Waals surface area contributed by atoms with Crippen LogP contribution in [0.4, 0.5) is 0 Å². The Morgan fingerprint density at radius 1 is 1.45 bits per heavy atom. The summed E-state index contributed by atoms with van der Waals surface area (Å²) in [6.45, 7) is 0.406. The zero-order valence-corrected chi connectivity index (χ0v) is 10.9.